The molecule has 4 nitrogen and oxygen atoms in total. The van der Waals surface area contributed by atoms with Crippen molar-refractivity contribution in [2.75, 3.05) is 7.05 Å². The van der Waals surface area contributed by atoms with E-state index in [9.17, 15) is 4.79 Å². The number of hydrogen-bond donors (Lipinski definition) is 2. The van der Waals surface area contributed by atoms with Crippen LogP contribution in [0.5, 0.6) is 0 Å². The topological polar surface area (TPSA) is 64.3 Å². The normalized spacial score (nSPS) is 11.1. The summed E-state index contributed by atoms with van der Waals surface area (Å²) in [6.07, 6.45) is 0. The first kappa shape index (κ1) is 8.39. The number of rotatable bonds is 2. The van der Waals surface area contributed by atoms with Crippen LogP contribution in [0.2, 0.25) is 0 Å². The zero-order chi connectivity index (χ0) is 7.49. The Morgan fingerprint density at radius 2 is 2.11 bits per heavy atom. The molecule has 0 aromatic carbocycles. The highest BCUT2D eigenvalue weighted by Gasteiger charge is 2.26. The largest absolute Gasteiger partial charge is 0.357 e. The molecule has 0 rings (SSSR count). The van der Waals surface area contributed by atoms with E-state index in [1.54, 1.807) is 13.8 Å². The number of hydrogen-bond acceptors (Lipinski definition) is 3. The Morgan fingerprint density at radius 3 is 2.22 bits per heavy atom. The molecular weight excluding hydrogens is 120 g/mol. The van der Waals surface area contributed by atoms with Crippen LogP contribution in [0.1, 0.15) is 13.8 Å². The van der Waals surface area contributed by atoms with Gasteiger partial charge in [-0.05, 0) is 13.8 Å². The average molecular weight is 132 g/mol. The van der Waals surface area contributed by atoms with Gasteiger partial charge < -0.3 is 5.32 Å². The summed E-state index contributed by atoms with van der Waals surface area (Å²) in [4.78, 5) is 15.1. The number of amides is 1. The smallest absolute Gasteiger partial charge is 0.253 e. The molecule has 0 aliphatic carbocycles. The second kappa shape index (κ2) is 2.80. The van der Waals surface area contributed by atoms with Crippen molar-refractivity contribution in [1.82, 2.24) is 5.32 Å². The van der Waals surface area contributed by atoms with Gasteiger partial charge in [0.25, 0.3) is 5.91 Å². The highest BCUT2D eigenvalue weighted by molar-refractivity contribution is 5.83. The molecule has 0 bridgehead atoms. The maximum Gasteiger partial charge on any atom is 0.253 e. The molecule has 0 aromatic heterocycles. The Balaban J connectivity index is 3.97. The van der Waals surface area contributed by atoms with Gasteiger partial charge in [0, 0.05) is 7.05 Å². The number of nitrogens with two attached hydrogens (primary N) is 1. The minimum Gasteiger partial charge on any atom is -0.357 e. The summed E-state index contributed by atoms with van der Waals surface area (Å²) in [5.74, 6) is 4.59. The summed E-state index contributed by atoms with van der Waals surface area (Å²) < 4.78 is 0. The summed E-state index contributed by atoms with van der Waals surface area (Å²) in [5, 5.41) is 2.41. The van der Waals surface area contributed by atoms with E-state index in [0.717, 1.165) is 0 Å². The Morgan fingerprint density at radius 1 is 1.67 bits per heavy atom. The summed E-state index contributed by atoms with van der Waals surface area (Å²) >= 11 is 0. The van der Waals surface area contributed by atoms with Crippen LogP contribution in [-0.4, -0.2) is 18.6 Å². The Kier molecular flexibility index (Phi) is 2.61. The van der Waals surface area contributed by atoms with Crippen LogP contribution < -0.4 is 11.2 Å². The van der Waals surface area contributed by atoms with Crippen LogP contribution in [0.4, 0.5) is 0 Å². The average Bonchev–Trinajstić information content (AvgIpc) is 1.86. The SMILES string of the molecule is CNC(=O)C(C)(C)ON. The van der Waals surface area contributed by atoms with Crippen LogP contribution in [0.3, 0.4) is 0 Å². The lowest BCUT2D eigenvalue weighted by atomic mass is 10.1. The lowest BCUT2D eigenvalue weighted by Gasteiger charge is -2.18. The minimum absolute atomic E-state index is 0.231. The molecule has 0 radical (unpaired) electrons. The molecule has 9 heavy (non-hydrogen) atoms. The molecule has 0 aromatic rings. The van der Waals surface area contributed by atoms with Gasteiger partial charge in [0.1, 0.15) is 0 Å². The molecule has 0 aliphatic heterocycles. The summed E-state index contributed by atoms with van der Waals surface area (Å²) in [6.45, 7) is 3.18. The molecule has 0 unspecified atom stereocenters. The zero-order valence-corrected chi connectivity index (χ0v) is 5.89. The van der Waals surface area contributed by atoms with E-state index < -0.39 is 5.60 Å². The minimum atomic E-state index is -0.922. The number of nitrogens with one attached hydrogen (secondary N) is 1. The molecular formula is C5H12N2O2. The number of likely N-dealkylation sites (N-methyl/N-ethyl adjacent to an activating group) is 1. The highest BCUT2D eigenvalue weighted by atomic mass is 16.6. The van der Waals surface area contributed by atoms with Crippen molar-refractivity contribution in [2.45, 2.75) is 19.4 Å². The van der Waals surface area contributed by atoms with Crippen LogP contribution in [0, 0.1) is 0 Å². The first-order valence-corrected chi connectivity index (χ1v) is 2.64. The number of carbonyl (C=O) groups is 1. The molecule has 0 fully saturated rings. The van der Waals surface area contributed by atoms with Gasteiger partial charge in [-0.1, -0.05) is 0 Å². The van der Waals surface area contributed by atoms with Crippen molar-refractivity contribution >= 4 is 5.91 Å². The van der Waals surface area contributed by atoms with E-state index in [2.05, 4.69) is 10.2 Å². The lowest BCUT2D eigenvalue weighted by Crippen LogP contribution is -2.44. The first-order chi connectivity index (χ1) is 4.04. The Hall–Kier alpha value is -0.610. The fourth-order valence-corrected chi connectivity index (χ4v) is 0.355. The maximum absolute atomic E-state index is 10.7. The van der Waals surface area contributed by atoms with Crippen molar-refractivity contribution in [1.29, 1.82) is 0 Å². The third-order valence-corrected chi connectivity index (χ3v) is 1.07. The van der Waals surface area contributed by atoms with E-state index in [1.807, 2.05) is 0 Å². The van der Waals surface area contributed by atoms with E-state index >= 15 is 0 Å². The van der Waals surface area contributed by atoms with Gasteiger partial charge in [0.05, 0.1) is 0 Å². The van der Waals surface area contributed by atoms with Crippen LogP contribution in [-0.2, 0) is 9.63 Å². The summed E-state index contributed by atoms with van der Waals surface area (Å²) in [6, 6.07) is 0. The Bertz CT molecular complexity index is 112. The van der Waals surface area contributed by atoms with Crippen LogP contribution >= 0.6 is 0 Å². The fraction of sp³-hybridized carbons (Fsp3) is 0.800. The summed E-state index contributed by atoms with van der Waals surface area (Å²) in [5.41, 5.74) is -0.922. The first-order valence-electron chi connectivity index (χ1n) is 2.64. The van der Waals surface area contributed by atoms with E-state index in [-0.39, 0.29) is 5.91 Å². The Labute approximate surface area is 54.3 Å². The summed E-state index contributed by atoms with van der Waals surface area (Å²) in [7, 11) is 1.53. The van der Waals surface area contributed by atoms with Crippen molar-refractivity contribution < 1.29 is 9.63 Å². The molecule has 3 N–H and O–H groups in total. The molecule has 54 valence electrons. The van der Waals surface area contributed by atoms with Crippen LogP contribution in [0.25, 0.3) is 0 Å². The quantitative estimate of drug-likeness (QED) is 0.493. The molecule has 0 spiro atoms. The lowest BCUT2D eigenvalue weighted by molar-refractivity contribution is -0.142. The second-order valence-electron chi connectivity index (χ2n) is 2.21. The number of carbonyl (C=O) groups excluding carboxylic acids is 1. The highest BCUT2D eigenvalue weighted by Crippen LogP contribution is 2.03. The predicted molar refractivity (Wildman–Crippen MR) is 33.4 cm³/mol. The molecule has 4 heteroatoms. The van der Waals surface area contributed by atoms with Gasteiger partial charge in [0.2, 0.25) is 0 Å². The molecule has 0 atom stereocenters. The van der Waals surface area contributed by atoms with Crippen molar-refractivity contribution in [3.05, 3.63) is 0 Å². The second-order valence-corrected chi connectivity index (χ2v) is 2.21. The predicted octanol–water partition coefficient (Wildman–Crippen LogP) is -0.599. The monoisotopic (exact) mass is 132 g/mol. The van der Waals surface area contributed by atoms with Gasteiger partial charge >= 0.3 is 0 Å². The molecule has 0 saturated carbocycles. The maximum atomic E-state index is 10.7. The van der Waals surface area contributed by atoms with Crippen molar-refractivity contribution in [2.24, 2.45) is 5.90 Å². The van der Waals surface area contributed by atoms with E-state index in [1.165, 1.54) is 7.05 Å². The molecule has 0 aliphatic rings. The van der Waals surface area contributed by atoms with Crippen molar-refractivity contribution in [3.63, 3.8) is 0 Å². The standard InChI is InChI=1S/C5H12N2O2/c1-5(2,9-6)4(8)7-3/h6H2,1-3H3,(H,7,8). The molecule has 0 saturated heterocycles. The van der Waals surface area contributed by atoms with Crippen LogP contribution in [0.15, 0.2) is 0 Å². The van der Waals surface area contributed by atoms with Gasteiger partial charge in [-0.2, -0.15) is 0 Å². The van der Waals surface area contributed by atoms with Gasteiger partial charge in [-0.15, -0.1) is 0 Å². The molecule has 1 amide bonds. The fourth-order valence-electron chi connectivity index (χ4n) is 0.355. The third-order valence-electron chi connectivity index (χ3n) is 1.07. The van der Waals surface area contributed by atoms with Gasteiger partial charge in [0.15, 0.2) is 5.60 Å². The van der Waals surface area contributed by atoms with E-state index in [0.29, 0.717) is 0 Å². The zero-order valence-electron chi connectivity index (χ0n) is 5.89. The van der Waals surface area contributed by atoms with Crippen molar-refractivity contribution in [3.8, 4) is 0 Å². The molecule has 0 heterocycles. The third kappa shape index (κ3) is 1.99. The van der Waals surface area contributed by atoms with Gasteiger partial charge in [-0.25, -0.2) is 5.90 Å². The van der Waals surface area contributed by atoms with E-state index in [4.69, 9.17) is 5.90 Å². The van der Waals surface area contributed by atoms with Gasteiger partial charge in [-0.3, -0.25) is 9.63 Å².